The van der Waals surface area contributed by atoms with Crippen LogP contribution >= 0.6 is 0 Å². The Morgan fingerprint density at radius 2 is 2.12 bits per heavy atom. The Bertz CT molecular complexity index is 599. The zero-order valence-electron chi connectivity index (χ0n) is 13.9. The number of ether oxygens (including phenoxy) is 1. The van der Waals surface area contributed by atoms with Gasteiger partial charge < -0.3 is 14.5 Å². The van der Waals surface area contributed by atoms with Crippen molar-refractivity contribution in [2.75, 3.05) is 37.7 Å². The van der Waals surface area contributed by atoms with E-state index in [4.69, 9.17) is 4.74 Å². The quantitative estimate of drug-likeness (QED) is 0.828. The molecule has 3 rings (SSSR count). The van der Waals surface area contributed by atoms with Crippen LogP contribution in [0.3, 0.4) is 0 Å². The van der Waals surface area contributed by atoms with E-state index in [-0.39, 0.29) is 30.0 Å². The summed E-state index contributed by atoms with van der Waals surface area (Å²) in [6, 6.07) is 5.81. The van der Waals surface area contributed by atoms with Gasteiger partial charge in [0, 0.05) is 44.3 Å². The van der Waals surface area contributed by atoms with Gasteiger partial charge in [-0.3, -0.25) is 9.59 Å². The zero-order chi connectivity index (χ0) is 17.1. The van der Waals surface area contributed by atoms with Gasteiger partial charge in [-0.1, -0.05) is 0 Å². The van der Waals surface area contributed by atoms with Gasteiger partial charge in [-0.05, 0) is 37.6 Å². The number of nitrogens with zero attached hydrogens (tertiary/aromatic N) is 2. The number of anilines is 1. The van der Waals surface area contributed by atoms with Crippen LogP contribution in [0.4, 0.5) is 10.1 Å². The third kappa shape index (κ3) is 3.59. The largest absolute Gasteiger partial charge is 0.381 e. The Morgan fingerprint density at radius 1 is 1.38 bits per heavy atom. The van der Waals surface area contributed by atoms with Gasteiger partial charge in [0.1, 0.15) is 5.82 Å². The Balaban J connectivity index is 1.65. The summed E-state index contributed by atoms with van der Waals surface area (Å²) in [5, 5.41) is 0. The summed E-state index contributed by atoms with van der Waals surface area (Å²) in [6.45, 7) is 5.11. The lowest BCUT2D eigenvalue weighted by Crippen LogP contribution is -2.40. The molecule has 1 aromatic rings. The fourth-order valence-electron chi connectivity index (χ4n) is 3.42. The van der Waals surface area contributed by atoms with Crippen LogP contribution in [0, 0.1) is 17.7 Å². The number of hydrogen-bond donors (Lipinski definition) is 0. The molecule has 6 heteroatoms. The summed E-state index contributed by atoms with van der Waals surface area (Å²) in [7, 11) is 0. The molecule has 0 unspecified atom stereocenters. The topological polar surface area (TPSA) is 49.9 Å². The molecule has 130 valence electrons. The molecule has 2 saturated heterocycles. The van der Waals surface area contributed by atoms with Gasteiger partial charge in [0.05, 0.1) is 12.5 Å². The molecule has 0 radical (unpaired) electrons. The molecule has 2 heterocycles. The predicted molar refractivity (Wildman–Crippen MR) is 88.0 cm³/mol. The molecule has 1 aromatic carbocycles. The van der Waals surface area contributed by atoms with Crippen LogP contribution in [0.25, 0.3) is 0 Å². The van der Waals surface area contributed by atoms with Crippen molar-refractivity contribution in [1.29, 1.82) is 0 Å². The average molecular weight is 334 g/mol. The first kappa shape index (κ1) is 16.9. The van der Waals surface area contributed by atoms with Crippen LogP contribution < -0.4 is 4.90 Å². The predicted octanol–water partition coefficient (Wildman–Crippen LogP) is 2.06. The Hall–Kier alpha value is -1.95. The lowest BCUT2D eigenvalue weighted by Gasteiger charge is -2.26. The first-order valence-electron chi connectivity index (χ1n) is 8.51. The monoisotopic (exact) mass is 334 g/mol. The van der Waals surface area contributed by atoms with E-state index in [9.17, 15) is 14.0 Å². The number of hydrogen-bond acceptors (Lipinski definition) is 3. The number of benzene rings is 1. The van der Waals surface area contributed by atoms with Gasteiger partial charge in [-0.25, -0.2) is 4.39 Å². The lowest BCUT2D eigenvalue weighted by atomic mass is 10.0. The summed E-state index contributed by atoms with van der Waals surface area (Å²) in [5.74, 6) is -0.333. The SMILES string of the molecule is CCN(C[C@@H]1CCOC1)C(=O)[C@@H]1CC(=O)N(c2ccc(F)cc2)C1. The number of carbonyl (C=O) groups is 2. The Labute approximate surface area is 141 Å². The highest BCUT2D eigenvalue weighted by molar-refractivity contribution is 6.00. The average Bonchev–Trinajstić information content (AvgIpc) is 3.22. The van der Waals surface area contributed by atoms with Crippen LogP contribution in [-0.2, 0) is 14.3 Å². The van der Waals surface area contributed by atoms with Gasteiger partial charge in [0.2, 0.25) is 11.8 Å². The fraction of sp³-hybridized carbons (Fsp3) is 0.556. The minimum Gasteiger partial charge on any atom is -0.381 e. The third-order valence-corrected chi connectivity index (χ3v) is 4.81. The van der Waals surface area contributed by atoms with E-state index in [0.29, 0.717) is 37.8 Å². The standard InChI is InChI=1S/C18H23FN2O3/c1-2-20(10-13-7-8-24-12-13)18(23)14-9-17(22)21(11-14)16-5-3-15(19)4-6-16/h3-6,13-14H,2,7-12H2,1H3/t13-,14+/m0/s1. The normalized spacial score (nSPS) is 23.8. The molecule has 0 aliphatic carbocycles. The van der Waals surface area contributed by atoms with E-state index in [1.54, 1.807) is 17.0 Å². The first-order chi connectivity index (χ1) is 11.6. The van der Waals surface area contributed by atoms with E-state index < -0.39 is 0 Å². The maximum absolute atomic E-state index is 13.0. The van der Waals surface area contributed by atoms with E-state index in [1.807, 2.05) is 11.8 Å². The van der Waals surface area contributed by atoms with Crippen LogP contribution in [-0.4, -0.2) is 49.6 Å². The Kier molecular flexibility index (Phi) is 5.14. The first-order valence-corrected chi connectivity index (χ1v) is 8.51. The van der Waals surface area contributed by atoms with Crippen molar-refractivity contribution in [3.63, 3.8) is 0 Å². The number of carbonyl (C=O) groups excluding carboxylic acids is 2. The van der Waals surface area contributed by atoms with Gasteiger partial charge >= 0.3 is 0 Å². The van der Waals surface area contributed by atoms with Crippen LogP contribution in [0.2, 0.25) is 0 Å². The fourth-order valence-corrected chi connectivity index (χ4v) is 3.42. The van der Waals surface area contributed by atoms with Crippen molar-refractivity contribution in [2.45, 2.75) is 19.8 Å². The van der Waals surface area contributed by atoms with Crippen molar-refractivity contribution < 1.29 is 18.7 Å². The molecule has 2 atom stereocenters. The highest BCUT2D eigenvalue weighted by Crippen LogP contribution is 2.27. The lowest BCUT2D eigenvalue weighted by molar-refractivity contribution is -0.136. The molecule has 0 spiro atoms. The number of rotatable bonds is 5. The Morgan fingerprint density at radius 3 is 2.75 bits per heavy atom. The van der Waals surface area contributed by atoms with E-state index in [0.717, 1.165) is 13.0 Å². The van der Waals surface area contributed by atoms with E-state index in [1.165, 1.54) is 12.1 Å². The molecule has 5 nitrogen and oxygen atoms in total. The molecule has 2 aliphatic rings. The molecule has 0 bridgehead atoms. The summed E-state index contributed by atoms with van der Waals surface area (Å²) >= 11 is 0. The van der Waals surface area contributed by atoms with E-state index >= 15 is 0 Å². The second-order valence-electron chi connectivity index (χ2n) is 6.49. The van der Waals surface area contributed by atoms with Crippen LogP contribution in [0.5, 0.6) is 0 Å². The smallest absolute Gasteiger partial charge is 0.228 e. The molecule has 2 amide bonds. The second-order valence-corrected chi connectivity index (χ2v) is 6.49. The van der Waals surface area contributed by atoms with Crippen molar-refractivity contribution >= 4 is 17.5 Å². The number of amides is 2. The summed E-state index contributed by atoms with van der Waals surface area (Å²) in [6.07, 6.45) is 1.20. The number of halogens is 1. The van der Waals surface area contributed by atoms with Gasteiger partial charge in [-0.15, -0.1) is 0 Å². The second kappa shape index (κ2) is 7.30. The maximum Gasteiger partial charge on any atom is 0.228 e. The molecular weight excluding hydrogens is 311 g/mol. The van der Waals surface area contributed by atoms with Crippen molar-refractivity contribution in [3.05, 3.63) is 30.1 Å². The zero-order valence-corrected chi connectivity index (χ0v) is 13.9. The summed E-state index contributed by atoms with van der Waals surface area (Å²) < 4.78 is 18.4. The van der Waals surface area contributed by atoms with Gasteiger partial charge in [0.15, 0.2) is 0 Å². The summed E-state index contributed by atoms with van der Waals surface area (Å²) in [5.41, 5.74) is 0.643. The minimum atomic E-state index is -0.339. The molecule has 0 N–H and O–H groups in total. The maximum atomic E-state index is 13.0. The molecule has 24 heavy (non-hydrogen) atoms. The minimum absolute atomic E-state index is 0.0300. The highest BCUT2D eigenvalue weighted by Gasteiger charge is 2.37. The molecule has 0 aromatic heterocycles. The van der Waals surface area contributed by atoms with Crippen molar-refractivity contribution in [3.8, 4) is 0 Å². The molecule has 2 aliphatic heterocycles. The summed E-state index contributed by atoms with van der Waals surface area (Å²) in [4.78, 5) is 28.5. The van der Waals surface area contributed by atoms with Crippen LogP contribution in [0.1, 0.15) is 19.8 Å². The van der Waals surface area contributed by atoms with Gasteiger partial charge in [-0.2, -0.15) is 0 Å². The molecule has 0 saturated carbocycles. The van der Waals surface area contributed by atoms with Gasteiger partial charge in [0.25, 0.3) is 0 Å². The van der Waals surface area contributed by atoms with E-state index in [2.05, 4.69) is 0 Å². The van der Waals surface area contributed by atoms with Crippen molar-refractivity contribution in [1.82, 2.24) is 4.90 Å². The molecule has 2 fully saturated rings. The van der Waals surface area contributed by atoms with Crippen molar-refractivity contribution in [2.24, 2.45) is 11.8 Å². The van der Waals surface area contributed by atoms with Crippen LogP contribution in [0.15, 0.2) is 24.3 Å². The highest BCUT2D eigenvalue weighted by atomic mass is 19.1. The molecular formula is C18H23FN2O3. The third-order valence-electron chi connectivity index (χ3n) is 4.81.